The summed E-state index contributed by atoms with van der Waals surface area (Å²) in [6.07, 6.45) is 6.55. The van der Waals surface area contributed by atoms with Gasteiger partial charge in [-0.3, -0.25) is 14.3 Å². The van der Waals surface area contributed by atoms with Crippen molar-refractivity contribution in [3.05, 3.63) is 24.7 Å². The van der Waals surface area contributed by atoms with Gasteiger partial charge >= 0.3 is 0 Å². The topological polar surface area (TPSA) is 82.2 Å². The number of aromatic nitrogens is 4. The van der Waals surface area contributed by atoms with E-state index in [1.807, 2.05) is 10.9 Å². The Hall–Kier alpha value is -1.71. The van der Waals surface area contributed by atoms with E-state index < -0.39 is 9.84 Å². The lowest BCUT2D eigenvalue weighted by molar-refractivity contribution is 0.0360. The maximum Gasteiger partial charge on any atom is 0.149 e. The van der Waals surface area contributed by atoms with Gasteiger partial charge in [0, 0.05) is 49.9 Å². The number of morpholine rings is 1. The molecular weight excluding hydrogens is 330 g/mol. The molecule has 2 aromatic heterocycles. The molecule has 1 aliphatic heterocycles. The zero-order valence-corrected chi connectivity index (χ0v) is 14.6. The van der Waals surface area contributed by atoms with Gasteiger partial charge in [-0.1, -0.05) is 0 Å². The molecule has 0 N–H and O–H groups in total. The van der Waals surface area contributed by atoms with E-state index in [0.29, 0.717) is 6.54 Å². The molecule has 1 saturated heterocycles. The summed E-state index contributed by atoms with van der Waals surface area (Å²) in [5.74, 6) is 0.0752. The smallest absolute Gasteiger partial charge is 0.149 e. The Morgan fingerprint density at radius 1 is 1.21 bits per heavy atom. The molecule has 1 radical (unpaired) electrons. The van der Waals surface area contributed by atoms with Crippen LogP contribution in [0.15, 0.2) is 18.6 Å². The van der Waals surface area contributed by atoms with Gasteiger partial charge in [0.05, 0.1) is 38.3 Å². The highest BCUT2D eigenvalue weighted by atomic mass is 32.2. The van der Waals surface area contributed by atoms with E-state index in [4.69, 9.17) is 4.74 Å². The summed E-state index contributed by atoms with van der Waals surface area (Å²) in [6, 6.07) is 3.13. The van der Waals surface area contributed by atoms with E-state index in [1.54, 1.807) is 17.1 Å². The number of ether oxygens (including phenoxy) is 1. The van der Waals surface area contributed by atoms with E-state index in [1.165, 1.54) is 6.26 Å². The van der Waals surface area contributed by atoms with Crippen LogP contribution >= 0.6 is 0 Å². The molecule has 0 bridgehead atoms. The third-order valence-electron chi connectivity index (χ3n) is 3.93. The van der Waals surface area contributed by atoms with Crippen molar-refractivity contribution in [2.75, 3.05) is 44.9 Å². The average molecular weight is 352 g/mol. The van der Waals surface area contributed by atoms with E-state index >= 15 is 0 Å². The molecule has 131 valence electrons. The number of hydrogen-bond acceptors (Lipinski definition) is 6. The lowest BCUT2D eigenvalue weighted by Gasteiger charge is -2.26. The largest absolute Gasteiger partial charge is 0.379 e. The van der Waals surface area contributed by atoms with Gasteiger partial charge in [0.1, 0.15) is 15.5 Å². The van der Waals surface area contributed by atoms with Crippen molar-refractivity contribution in [2.45, 2.75) is 13.1 Å². The third kappa shape index (κ3) is 4.89. The van der Waals surface area contributed by atoms with Crippen LogP contribution < -0.4 is 0 Å². The zero-order valence-electron chi connectivity index (χ0n) is 13.8. The summed E-state index contributed by atoms with van der Waals surface area (Å²) in [7, 11) is -2.99. The monoisotopic (exact) mass is 352 g/mol. The molecule has 0 saturated carbocycles. The van der Waals surface area contributed by atoms with Gasteiger partial charge in [0.15, 0.2) is 0 Å². The number of rotatable bonds is 7. The number of sulfone groups is 1. The predicted octanol–water partition coefficient (Wildman–Crippen LogP) is -0.0764. The molecule has 0 aliphatic carbocycles. The lowest BCUT2D eigenvalue weighted by Crippen LogP contribution is -2.38. The van der Waals surface area contributed by atoms with Crippen LogP contribution in [0.2, 0.25) is 0 Å². The Morgan fingerprint density at radius 3 is 2.75 bits per heavy atom. The third-order valence-corrected chi connectivity index (χ3v) is 4.85. The molecule has 8 nitrogen and oxygen atoms in total. The van der Waals surface area contributed by atoms with Crippen LogP contribution in [0.5, 0.6) is 0 Å². The molecule has 9 heteroatoms. The SMILES string of the molecule is CS(=O)(=O)CCn1cc(-c2[c]cn(CCN3CCOCC3)n2)cn1. The van der Waals surface area contributed by atoms with Gasteiger partial charge < -0.3 is 4.74 Å². The van der Waals surface area contributed by atoms with Gasteiger partial charge in [0.25, 0.3) is 0 Å². The van der Waals surface area contributed by atoms with Gasteiger partial charge in [-0.05, 0) is 0 Å². The van der Waals surface area contributed by atoms with Gasteiger partial charge in [-0.25, -0.2) is 8.42 Å². The fourth-order valence-electron chi connectivity index (χ4n) is 2.51. The average Bonchev–Trinajstić information content (AvgIpc) is 3.20. The minimum absolute atomic E-state index is 0.0752. The Morgan fingerprint density at radius 2 is 2.00 bits per heavy atom. The number of aryl methyl sites for hydroxylation is 1. The highest BCUT2D eigenvalue weighted by molar-refractivity contribution is 7.90. The summed E-state index contributed by atoms with van der Waals surface area (Å²) in [6.45, 7) is 5.60. The standard InChI is InChI=1S/C15H22N5O3S/c1-24(21,22)11-8-20-13-14(12-16-20)15-2-3-19(17-15)5-4-18-6-9-23-10-7-18/h3,12-13H,4-11H2,1H3. The summed E-state index contributed by atoms with van der Waals surface area (Å²) in [5.41, 5.74) is 1.57. The van der Waals surface area contributed by atoms with Gasteiger partial charge in [-0.15, -0.1) is 0 Å². The molecule has 0 atom stereocenters. The van der Waals surface area contributed by atoms with Crippen molar-refractivity contribution < 1.29 is 13.2 Å². The zero-order chi connectivity index (χ0) is 17.0. The second-order valence-electron chi connectivity index (χ2n) is 5.96. The molecule has 3 heterocycles. The first kappa shape index (κ1) is 17.1. The maximum absolute atomic E-state index is 11.2. The Kier molecular flexibility index (Phi) is 5.32. The molecule has 24 heavy (non-hydrogen) atoms. The van der Waals surface area contributed by atoms with Crippen molar-refractivity contribution in [1.82, 2.24) is 24.5 Å². The lowest BCUT2D eigenvalue weighted by atomic mass is 10.3. The molecule has 3 rings (SSSR count). The van der Waals surface area contributed by atoms with Crippen LogP contribution in [0.4, 0.5) is 0 Å². The highest BCUT2D eigenvalue weighted by Crippen LogP contribution is 2.15. The Labute approximate surface area is 141 Å². The molecule has 0 aromatic carbocycles. The normalized spacial score (nSPS) is 16.5. The van der Waals surface area contributed by atoms with E-state index in [2.05, 4.69) is 21.2 Å². The van der Waals surface area contributed by atoms with Crippen LogP contribution in [0.3, 0.4) is 0 Å². The minimum atomic E-state index is -2.99. The molecule has 0 spiro atoms. The highest BCUT2D eigenvalue weighted by Gasteiger charge is 2.11. The summed E-state index contributed by atoms with van der Waals surface area (Å²) in [4.78, 5) is 2.36. The number of nitrogens with zero attached hydrogens (tertiary/aromatic N) is 5. The van der Waals surface area contributed by atoms with E-state index in [0.717, 1.165) is 50.7 Å². The van der Waals surface area contributed by atoms with Crippen LogP contribution in [0.1, 0.15) is 0 Å². The van der Waals surface area contributed by atoms with Crippen LogP contribution in [0, 0.1) is 6.07 Å². The first-order chi connectivity index (χ1) is 11.5. The minimum Gasteiger partial charge on any atom is -0.379 e. The van der Waals surface area contributed by atoms with Crippen molar-refractivity contribution in [1.29, 1.82) is 0 Å². The molecule has 1 aliphatic rings. The van der Waals surface area contributed by atoms with Crippen LogP contribution in [-0.4, -0.2) is 77.7 Å². The molecule has 0 amide bonds. The second-order valence-corrected chi connectivity index (χ2v) is 8.22. The van der Waals surface area contributed by atoms with Crippen molar-refractivity contribution >= 4 is 9.84 Å². The second kappa shape index (κ2) is 7.45. The van der Waals surface area contributed by atoms with Gasteiger partial charge in [0.2, 0.25) is 0 Å². The molecule has 0 unspecified atom stereocenters. The molecule has 2 aromatic rings. The van der Waals surface area contributed by atoms with E-state index in [9.17, 15) is 8.42 Å². The first-order valence-electron chi connectivity index (χ1n) is 7.95. The van der Waals surface area contributed by atoms with Crippen LogP contribution in [0.25, 0.3) is 11.3 Å². The predicted molar refractivity (Wildman–Crippen MR) is 89.3 cm³/mol. The summed E-state index contributed by atoms with van der Waals surface area (Å²) in [5, 5.41) is 8.70. The fraction of sp³-hybridized carbons (Fsp3) is 0.600. The summed E-state index contributed by atoms with van der Waals surface area (Å²) >= 11 is 0. The quantitative estimate of drug-likeness (QED) is 0.693. The summed E-state index contributed by atoms with van der Waals surface area (Å²) < 4.78 is 31.3. The van der Waals surface area contributed by atoms with Gasteiger partial charge in [-0.2, -0.15) is 10.2 Å². The maximum atomic E-state index is 11.2. The van der Waals surface area contributed by atoms with Crippen molar-refractivity contribution in [2.24, 2.45) is 0 Å². The molecular formula is C15H22N5O3S. The first-order valence-corrected chi connectivity index (χ1v) is 10.0. The van der Waals surface area contributed by atoms with Crippen molar-refractivity contribution in [3.8, 4) is 11.3 Å². The van der Waals surface area contributed by atoms with E-state index in [-0.39, 0.29) is 5.75 Å². The Bertz CT molecular complexity index is 762. The number of hydrogen-bond donors (Lipinski definition) is 0. The fourth-order valence-corrected chi connectivity index (χ4v) is 3.03. The Balaban J connectivity index is 1.56. The molecule has 1 fully saturated rings. The van der Waals surface area contributed by atoms with Crippen LogP contribution in [-0.2, 0) is 27.7 Å². The van der Waals surface area contributed by atoms with Crippen molar-refractivity contribution in [3.63, 3.8) is 0 Å².